The van der Waals surface area contributed by atoms with Gasteiger partial charge < -0.3 is 11.1 Å². The number of rotatable bonds is 6. The van der Waals surface area contributed by atoms with Crippen molar-refractivity contribution in [1.29, 1.82) is 0 Å². The summed E-state index contributed by atoms with van der Waals surface area (Å²) in [5, 5.41) is 6.49. The third kappa shape index (κ3) is 3.32. The highest BCUT2D eigenvalue weighted by molar-refractivity contribution is 6.35. The number of amides is 4. The number of nitrogens with two attached hydrogens (primary N) is 1. The van der Waals surface area contributed by atoms with E-state index in [1.54, 1.807) is 6.07 Å². The fourth-order valence-electron chi connectivity index (χ4n) is 5.71. The minimum absolute atomic E-state index is 0.0332. The van der Waals surface area contributed by atoms with E-state index in [4.69, 9.17) is 17.3 Å². The van der Waals surface area contributed by atoms with E-state index in [-0.39, 0.29) is 31.2 Å². The quantitative estimate of drug-likeness (QED) is 0.545. The van der Waals surface area contributed by atoms with Crippen molar-refractivity contribution in [1.82, 2.24) is 10.2 Å². The van der Waals surface area contributed by atoms with Crippen LogP contribution in [0.2, 0.25) is 5.02 Å². The maximum Gasteiger partial charge on any atom is 0.250 e. The Kier molecular flexibility index (Phi) is 5.45. The largest absolute Gasteiger partial charge is 0.370 e. The van der Waals surface area contributed by atoms with E-state index >= 15 is 0 Å². The molecule has 3 heterocycles. The fourth-order valence-corrected chi connectivity index (χ4v) is 6.03. The van der Waals surface area contributed by atoms with E-state index < -0.39 is 35.2 Å². The Balaban J connectivity index is 1.55. The molecule has 0 bridgehead atoms. The first-order chi connectivity index (χ1) is 16.2. The summed E-state index contributed by atoms with van der Waals surface area (Å²) in [7, 11) is 0. The Morgan fingerprint density at radius 1 is 1.15 bits per heavy atom. The number of carbonyl (C=O) groups excluding carboxylic acids is 4. The number of hydrogen-bond donors (Lipinski definition) is 3. The predicted octanol–water partition coefficient (Wildman–Crippen LogP) is 1.88. The molecule has 0 aromatic heterocycles. The number of anilines is 1. The topological polar surface area (TPSA) is 122 Å². The molecule has 2 aromatic rings. The first kappa shape index (κ1) is 22.6. The number of likely N-dealkylation sites (tertiary alicyclic amines) is 1. The van der Waals surface area contributed by atoms with Crippen LogP contribution in [0.3, 0.4) is 0 Å². The van der Waals surface area contributed by atoms with Gasteiger partial charge in [-0.05, 0) is 37.0 Å². The molecule has 4 amide bonds. The number of carbonyl (C=O) groups is 4. The molecule has 34 heavy (non-hydrogen) atoms. The first-order valence-electron chi connectivity index (χ1n) is 11.3. The van der Waals surface area contributed by atoms with Crippen LogP contribution in [0.25, 0.3) is 0 Å². The van der Waals surface area contributed by atoms with Crippen molar-refractivity contribution in [3.63, 3.8) is 0 Å². The molecular formula is C25H25ClN4O4. The molecular weight excluding hydrogens is 456 g/mol. The van der Waals surface area contributed by atoms with Crippen LogP contribution in [0.4, 0.5) is 5.69 Å². The minimum atomic E-state index is -1.44. The van der Waals surface area contributed by atoms with E-state index in [0.717, 1.165) is 11.1 Å². The fraction of sp³-hybridized carbons (Fsp3) is 0.360. The Hall–Kier alpha value is -3.23. The van der Waals surface area contributed by atoms with E-state index in [0.29, 0.717) is 22.7 Å². The third-order valence-corrected chi connectivity index (χ3v) is 7.48. The Labute approximate surface area is 201 Å². The van der Waals surface area contributed by atoms with Gasteiger partial charge in [0, 0.05) is 24.6 Å². The summed E-state index contributed by atoms with van der Waals surface area (Å²) in [5.41, 5.74) is 6.77. The number of imide groups is 1. The predicted molar refractivity (Wildman–Crippen MR) is 126 cm³/mol. The smallest absolute Gasteiger partial charge is 0.250 e. The summed E-state index contributed by atoms with van der Waals surface area (Å²) in [6.07, 6.45) is 0.787. The van der Waals surface area contributed by atoms with Gasteiger partial charge in [0.25, 0.3) is 0 Å². The second-order valence-corrected chi connectivity index (χ2v) is 9.66. The molecule has 1 spiro atoms. The van der Waals surface area contributed by atoms with Gasteiger partial charge in [-0.15, -0.1) is 0 Å². The lowest BCUT2D eigenvalue weighted by molar-refractivity contribution is -0.142. The zero-order valence-electron chi connectivity index (χ0n) is 18.6. The van der Waals surface area contributed by atoms with E-state index in [1.807, 2.05) is 43.3 Å². The molecule has 176 valence electrons. The monoisotopic (exact) mass is 480 g/mol. The molecule has 2 fully saturated rings. The van der Waals surface area contributed by atoms with Gasteiger partial charge in [-0.3, -0.25) is 29.4 Å². The van der Waals surface area contributed by atoms with Gasteiger partial charge in [0.2, 0.25) is 23.6 Å². The highest BCUT2D eigenvalue weighted by Crippen LogP contribution is 2.54. The number of nitrogens with one attached hydrogen (secondary N) is 2. The molecule has 0 aliphatic carbocycles. The summed E-state index contributed by atoms with van der Waals surface area (Å²) in [6, 6.07) is 12.6. The lowest BCUT2D eigenvalue weighted by Crippen LogP contribution is -2.53. The zero-order chi connectivity index (χ0) is 24.2. The van der Waals surface area contributed by atoms with Gasteiger partial charge in [-0.25, -0.2) is 0 Å². The second kappa shape index (κ2) is 8.21. The average Bonchev–Trinajstić information content (AvgIpc) is 3.37. The molecule has 5 rings (SSSR count). The summed E-state index contributed by atoms with van der Waals surface area (Å²) in [5.74, 6) is -3.36. The maximum absolute atomic E-state index is 13.7. The zero-order valence-corrected chi connectivity index (χ0v) is 19.4. The van der Waals surface area contributed by atoms with E-state index in [1.165, 1.54) is 4.90 Å². The highest BCUT2D eigenvalue weighted by Gasteiger charge is 2.70. The number of benzene rings is 2. The van der Waals surface area contributed by atoms with E-state index in [2.05, 4.69) is 10.6 Å². The van der Waals surface area contributed by atoms with Crippen LogP contribution in [-0.4, -0.2) is 41.1 Å². The van der Waals surface area contributed by atoms with Crippen LogP contribution in [0.5, 0.6) is 0 Å². The molecule has 9 heteroatoms. The summed E-state index contributed by atoms with van der Waals surface area (Å²) in [4.78, 5) is 53.6. The maximum atomic E-state index is 13.7. The molecule has 8 nitrogen and oxygen atoms in total. The molecule has 2 aromatic carbocycles. The van der Waals surface area contributed by atoms with Crippen LogP contribution in [0, 0.1) is 18.8 Å². The van der Waals surface area contributed by atoms with Crippen molar-refractivity contribution < 1.29 is 19.2 Å². The van der Waals surface area contributed by atoms with Crippen LogP contribution in [0.1, 0.15) is 29.5 Å². The van der Waals surface area contributed by atoms with Crippen molar-refractivity contribution >= 4 is 40.9 Å². The highest BCUT2D eigenvalue weighted by atomic mass is 35.5. The average molecular weight is 481 g/mol. The van der Waals surface area contributed by atoms with Crippen molar-refractivity contribution in [3.05, 3.63) is 64.2 Å². The van der Waals surface area contributed by atoms with Gasteiger partial charge >= 0.3 is 0 Å². The summed E-state index contributed by atoms with van der Waals surface area (Å²) >= 11 is 6.43. The van der Waals surface area contributed by atoms with Crippen molar-refractivity contribution in [2.75, 3.05) is 11.9 Å². The lowest BCUT2D eigenvalue weighted by Gasteiger charge is -2.29. The van der Waals surface area contributed by atoms with Gasteiger partial charge in [0.1, 0.15) is 5.54 Å². The van der Waals surface area contributed by atoms with Crippen LogP contribution in [-0.2, 0) is 31.1 Å². The number of nitrogens with zero attached hydrogens (tertiary/aromatic N) is 1. The van der Waals surface area contributed by atoms with Crippen molar-refractivity contribution in [2.45, 2.75) is 37.8 Å². The number of hydrogen-bond acceptors (Lipinski definition) is 5. The van der Waals surface area contributed by atoms with Gasteiger partial charge in [-0.1, -0.05) is 48.0 Å². The van der Waals surface area contributed by atoms with E-state index in [9.17, 15) is 19.2 Å². The second-order valence-electron chi connectivity index (χ2n) is 9.25. The van der Waals surface area contributed by atoms with Crippen LogP contribution in [0.15, 0.2) is 42.5 Å². The Bertz CT molecular complexity index is 1220. The Morgan fingerprint density at radius 2 is 1.88 bits per heavy atom. The standard InChI is InChI=1S/C25H25ClN4O4/c1-13-11-15-21(16(26)12-13)28-24(34)25(15)20-19(17(29-25)7-8-18(27)31)22(32)30(23(20)33)10-9-14-5-3-2-4-6-14/h2-6,11-12,17,19-20,29H,7-10H2,1H3,(H2,27,31)(H,28,34)/t17?,19-,20+,25?/m1/s1. The minimum Gasteiger partial charge on any atom is -0.370 e. The Morgan fingerprint density at radius 3 is 2.59 bits per heavy atom. The number of aryl methyl sites for hydroxylation is 1. The first-order valence-corrected chi connectivity index (χ1v) is 11.7. The third-order valence-electron chi connectivity index (χ3n) is 7.18. The number of halogens is 1. The lowest BCUT2D eigenvalue weighted by atomic mass is 9.76. The summed E-state index contributed by atoms with van der Waals surface area (Å²) < 4.78 is 0. The van der Waals surface area contributed by atoms with Crippen LogP contribution >= 0.6 is 11.6 Å². The number of fused-ring (bicyclic) bond motifs is 4. The van der Waals surface area contributed by atoms with Crippen LogP contribution < -0.4 is 16.4 Å². The molecule has 2 saturated heterocycles. The SMILES string of the molecule is Cc1cc(Cl)c2c(c1)C1(NC(CCC(N)=O)[C@H]3C(=O)N(CCc4ccccc4)C(=O)[C@H]31)C(=O)N2. The van der Waals surface area contributed by atoms with Gasteiger partial charge in [-0.2, -0.15) is 0 Å². The van der Waals surface area contributed by atoms with Gasteiger partial charge in [0.05, 0.1) is 22.5 Å². The summed E-state index contributed by atoms with van der Waals surface area (Å²) in [6.45, 7) is 2.07. The van der Waals surface area contributed by atoms with Gasteiger partial charge in [0.15, 0.2) is 0 Å². The molecule has 2 unspecified atom stereocenters. The molecule has 3 aliphatic rings. The molecule has 0 radical (unpaired) electrons. The molecule has 4 atom stereocenters. The number of primary amides is 1. The van der Waals surface area contributed by atoms with Crippen molar-refractivity contribution in [3.8, 4) is 0 Å². The van der Waals surface area contributed by atoms with Crippen molar-refractivity contribution in [2.24, 2.45) is 17.6 Å². The normalized spacial score (nSPS) is 27.3. The molecule has 4 N–H and O–H groups in total. The molecule has 0 saturated carbocycles. The molecule has 3 aliphatic heterocycles.